The second-order valence-corrected chi connectivity index (χ2v) is 9.40. The monoisotopic (exact) mass is 528 g/mol. The van der Waals surface area contributed by atoms with Crippen LogP contribution in [0.5, 0.6) is 5.75 Å². The first-order valence-corrected chi connectivity index (χ1v) is 11.5. The van der Waals surface area contributed by atoms with Gasteiger partial charge in [-0.2, -0.15) is 0 Å². The minimum absolute atomic E-state index is 0.0463. The molecule has 3 aromatic rings. The smallest absolute Gasteiger partial charge is 0.462 e. The lowest BCUT2D eigenvalue weighted by Gasteiger charge is -2.23. The van der Waals surface area contributed by atoms with Crippen molar-refractivity contribution in [2.24, 2.45) is 0 Å². The van der Waals surface area contributed by atoms with Crippen LogP contribution in [0.3, 0.4) is 0 Å². The van der Waals surface area contributed by atoms with E-state index in [4.69, 9.17) is 0 Å². The van der Waals surface area contributed by atoms with Gasteiger partial charge in [-0.1, -0.05) is 45.0 Å². The van der Waals surface area contributed by atoms with Crippen LogP contribution in [0.2, 0.25) is 0 Å². The molecule has 200 valence electrons. The van der Waals surface area contributed by atoms with Crippen molar-refractivity contribution in [1.29, 1.82) is 0 Å². The standard InChI is InChI=1S/C28H27F3N2O5/c1-27(2,3)20-9-5-18(6-10-20)17-33(25(35)26(36)37-4)22-13-7-19(8-14-22)24(34)32-21-11-15-23(16-12-21)38-28(29,30)31/h5-16H,17H2,1-4H3,(H,32,34). The number of halogens is 3. The Morgan fingerprint density at radius 3 is 1.92 bits per heavy atom. The van der Waals surface area contributed by atoms with Gasteiger partial charge in [-0.05, 0) is 65.1 Å². The number of methoxy groups -OCH3 is 1. The van der Waals surface area contributed by atoms with Gasteiger partial charge in [0.05, 0.1) is 13.7 Å². The van der Waals surface area contributed by atoms with Gasteiger partial charge in [-0.15, -0.1) is 13.2 Å². The summed E-state index contributed by atoms with van der Waals surface area (Å²) in [7, 11) is 1.12. The quantitative estimate of drug-likeness (QED) is 0.321. The first-order valence-electron chi connectivity index (χ1n) is 11.5. The van der Waals surface area contributed by atoms with Crippen LogP contribution in [0.4, 0.5) is 24.5 Å². The molecule has 0 saturated heterocycles. The normalized spacial score (nSPS) is 11.4. The second kappa shape index (κ2) is 11.4. The number of hydrogen-bond donors (Lipinski definition) is 1. The third kappa shape index (κ3) is 7.58. The van der Waals surface area contributed by atoms with E-state index in [1.165, 1.54) is 41.3 Å². The highest BCUT2D eigenvalue weighted by Crippen LogP contribution is 2.26. The molecule has 0 unspecified atom stereocenters. The average Bonchev–Trinajstić information content (AvgIpc) is 2.86. The molecule has 3 rings (SSSR count). The van der Waals surface area contributed by atoms with Crippen molar-refractivity contribution in [3.8, 4) is 5.75 Å². The Morgan fingerprint density at radius 2 is 1.42 bits per heavy atom. The van der Waals surface area contributed by atoms with Crippen LogP contribution >= 0.6 is 0 Å². The number of carbonyl (C=O) groups excluding carboxylic acids is 3. The maximum absolute atomic E-state index is 12.8. The van der Waals surface area contributed by atoms with Crippen LogP contribution in [-0.2, 0) is 26.3 Å². The molecule has 0 atom stereocenters. The number of ether oxygens (including phenoxy) is 2. The summed E-state index contributed by atoms with van der Waals surface area (Å²) in [5.41, 5.74) is 2.71. The predicted octanol–water partition coefficient (Wildman–Crippen LogP) is 5.84. The number of benzene rings is 3. The van der Waals surface area contributed by atoms with E-state index >= 15 is 0 Å². The summed E-state index contributed by atoms with van der Waals surface area (Å²) in [6, 6.07) is 18.3. The molecular formula is C28H27F3N2O5. The lowest BCUT2D eigenvalue weighted by Crippen LogP contribution is -2.37. The Morgan fingerprint density at radius 1 is 0.842 bits per heavy atom. The molecule has 7 nitrogen and oxygen atoms in total. The molecule has 0 fully saturated rings. The van der Waals surface area contributed by atoms with Crippen molar-refractivity contribution in [3.05, 3.63) is 89.5 Å². The molecule has 1 N–H and O–H groups in total. The summed E-state index contributed by atoms with van der Waals surface area (Å²) in [5.74, 6) is -2.84. The maximum atomic E-state index is 12.8. The van der Waals surface area contributed by atoms with Crippen LogP contribution in [0.15, 0.2) is 72.8 Å². The molecule has 38 heavy (non-hydrogen) atoms. The number of esters is 1. The van der Waals surface area contributed by atoms with Gasteiger partial charge in [0, 0.05) is 16.9 Å². The third-order valence-corrected chi connectivity index (χ3v) is 5.55. The van der Waals surface area contributed by atoms with E-state index in [1.807, 2.05) is 24.3 Å². The molecule has 0 heterocycles. The molecule has 0 radical (unpaired) electrons. The van der Waals surface area contributed by atoms with Gasteiger partial charge in [0.1, 0.15) is 5.75 Å². The fourth-order valence-electron chi connectivity index (χ4n) is 3.51. The number of amides is 2. The fourth-order valence-corrected chi connectivity index (χ4v) is 3.51. The van der Waals surface area contributed by atoms with Gasteiger partial charge >= 0.3 is 18.2 Å². The van der Waals surface area contributed by atoms with Gasteiger partial charge in [0.2, 0.25) is 0 Å². The van der Waals surface area contributed by atoms with Crippen molar-refractivity contribution in [1.82, 2.24) is 0 Å². The zero-order valence-electron chi connectivity index (χ0n) is 21.3. The number of nitrogens with one attached hydrogen (secondary N) is 1. The van der Waals surface area contributed by atoms with E-state index in [0.717, 1.165) is 30.4 Å². The molecule has 0 aliphatic rings. The van der Waals surface area contributed by atoms with Crippen molar-refractivity contribution >= 4 is 29.2 Å². The van der Waals surface area contributed by atoms with Gasteiger partial charge < -0.3 is 14.8 Å². The largest absolute Gasteiger partial charge is 0.573 e. The van der Waals surface area contributed by atoms with Crippen molar-refractivity contribution < 1.29 is 37.0 Å². The highest BCUT2D eigenvalue weighted by atomic mass is 19.4. The Labute approximate surface area is 218 Å². The van der Waals surface area contributed by atoms with Gasteiger partial charge in [0.25, 0.3) is 5.91 Å². The van der Waals surface area contributed by atoms with E-state index in [9.17, 15) is 27.6 Å². The van der Waals surface area contributed by atoms with Gasteiger partial charge in [0.15, 0.2) is 0 Å². The van der Waals surface area contributed by atoms with E-state index < -0.39 is 29.9 Å². The molecule has 0 aromatic heterocycles. The Balaban J connectivity index is 1.76. The third-order valence-electron chi connectivity index (χ3n) is 5.55. The molecular weight excluding hydrogens is 501 g/mol. The molecule has 0 aliphatic carbocycles. The molecule has 0 aliphatic heterocycles. The zero-order valence-corrected chi connectivity index (χ0v) is 21.3. The second-order valence-electron chi connectivity index (χ2n) is 9.40. The minimum atomic E-state index is -4.81. The molecule has 0 spiro atoms. The van der Waals surface area contributed by atoms with Gasteiger partial charge in [-0.3, -0.25) is 14.5 Å². The van der Waals surface area contributed by atoms with E-state index in [1.54, 1.807) is 0 Å². The van der Waals surface area contributed by atoms with Crippen LogP contribution < -0.4 is 15.0 Å². The number of nitrogens with zero attached hydrogens (tertiary/aromatic N) is 1. The minimum Gasteiger partial charge on any atom is -0.462 e. The Bertz CT molecular complexity index is 1280. The summed E-state index contributed by atoms with van der Waals surface area (Å²) < 4.78 is 45.4. The summed E-state index contributed by atoms with van der Waals surface area (Å²) in [5, 5.41) is 2.57. The van der Waals surface area contributed by atoms with Crippen LogP contribution in [-0.4, -0.2) is 31.3 Å². The van der Waals surface area contributed by atoms with E-state index in [0.29, 0.717) is 5.69 Å². The number of alkyl halides is 3. The molecule has 2 amide bonds. The number of carbonyl (C=O) groups is 3. The molecule has 10 heteroatoms. The van der Waals surface area contributed by atoms with E-state index in [-0.39, 0.29) is 23.2 Å². The molecule has 0 saturated carbocycles. The molecule has 0 bridgehead atoms. The topological polar surface area (TPSA) is 84.9 Å². The SMILES string of the molecule is COC(=O)C(=O)N(Cc1ccc(C(C)(C)C)cc1)c1ccc(C(=O)Nc2ccc(OC(F)(F)F)cc2)cc1. The first kappa shape index (κ1) is 28.2. The van der Waals surface area contributed by atoms with Crippen LogP contribution in [0.25, 0.3) is 0 Å². The maximum Gasteiger partial charge on any atom is 0.573 e. The summed E-state index contributed by atoms with van der Waals surface area (Å²) in [4.78, 5) is 38.7. The fraction of sp³-hybridized carbons (Fsp3) is 0.250. The number of rotatable bonds is 6. The zero-order chi connectivity index (χ0) is 28.1. The van der Waals surface area contributed by atoms with Crippen molar-refractivity contribution in [3.63, 3.8) is 0 Å². The van der Waals surface area contributed by atoms with Crippen LogP contribution in [0, 0.1) is 0 Å². The Kier molecular flexibility index (Phi) is 8.45. The predicted molar refractivity (Wildman–Crippen MR) is 136 cm³/mol. The van der Waals surface area contributed by atoms with E-state index in [2.05, 4.69) is 35.6 Å². The van der Waals surface area contributed by atoms with Gasteiger partial charge in [-0.25, -0.2) is 4.79 Å². The van der Waals surface area contributed by atoms with Crippen molar-refractivity contribution in [2.75, 3.05) is 17.3 Å². The van der Waals surface area contributed by atoms with Crippen LogP contribution in [0.1, 0.15) is 42.3 Å². The number of hydrogen-bond acceptors (Lipinski definition) is 5. The highest BCUT2D eigenvalue weighted by molar-refractivity contribution is 6.38. The summed E-state index contributed by atoms with van der Waals surface area (Å²) >= 11 is 0. The molecule has 3 aromatic carbocycles. The first-order chi connectivity index (χ1) is 17.8. The lowest BCUT2D eigenvalue weighted by atomic mass is 9.87. The summed E-state index contributed by atoms with van der Waals surface area (Å²) in [6.07, 6.45) is -4.81. The number of anilines is 2. The van der Waals surface area contributed by atoms with Crippen molar-refractivity contribution in [2.45, 2.75) is 39.1 Å². The Hall–Kier alpha value is -4.34. The summed E-state index contributed by atoms with van der Waals surface area (Å²) in [6.45, 7) is 6.36. The highest BCUT2D eigenvalue weighted by Gasteiger charge is 2.31. The average molecular weight is 529 g/mol. The lowest BCUT2D eigenvalue weighted by molar-refractivity contribution is -0.274.